The predicted octanol–water partition coefficient (Wildman–Crippen LogP) is 2.89. The Morgan fingerprint density at radius 1 is 1.21 bits per heavy atom. The molecule has 1 aliphatic rings. The number of hydrogen-bond acceptors (Lipinski definition) is 3. The molecule has 5 nitrogen and oxygen atoms in total. The minimum absolute atomic E-state index is 0.0269. The SMILES string of the molecule is O=C(c1cn2ncccc2n1)N1CCCC(c2ccccc2F)C1. The number of carbonyl (C=O) groups excluding carboxylic acids is 1. The second-order valence-electron chi connectivity index (χ2n) is 6.06. The van der Waals surface area contributed by atoms with Crippen molar-refractivity contribution in [1.29, 1.82) is 0 Å². The van der Waals surface area contributed by atoms with E-state index in [9.17, 15) is 9.18 Å². The van der Waals surface area contributed by atoms with Gasteiger partial charge in [0, 0.05) is 25.2 Å². The number of halogens is 1. The molecule has 0 radical (unpaired) electrons. The van der Waals surface area contributed by atoms with Gasteiger partial charge in [0.25, 0.3) is 5.91 Å². The Labute approximate surface area is 138 Å². The van der Waals surface area contributed by atoms with Crippen molar-refractivity contribution in [2.75, 3.05) is 13.1 Å². The van der Waals surface area contributed by atoms with Gasteiger partial charge in [-0.1, -0.05) is 18.2 Å². The van der Waals surface area contributed by atoms with Crippen LogP contribution in [0.25, 0.3) is 5.65 Å². The zero-order chi connectivity index (χ0) is 16.5. The molecule has 0 saturated carbocycles. The van der Waals surface area contributed by atoms with Crippen LogP contribution >= 0.6 is 0 Å². The minimum Gasteiger partial charge on any atom is -0.337 e. The molecule has 122 valence electrons. The number of carbonyl (C=O) groups is 1. The van der Waals surface area contributed by atoms with Crippen LogP contribution in [0.5, 0.6) is 0 Å². The normalized spacial score (nSPS) is 18.0. The second kappa shape index (κ2) is 6.03. The highest BCUT2D eigenvalue weighted by Gasteiger charge is 2.28. The first-order chi connectivity index (χ1) is 11.7. The van der Waals surface area contributed by atoms with Crippen molar-refractivity contribution in [3.05, 3.63) is 65.9 Å². The van der Waals surface area contributed by atoms with Gasteiger partial charge in [-0.25, -0.2) is 13.9 Å². The van der Waals surface area contributed by atoms with Crippen molar-refractivity contribution in [2.45, 2.75) is 18.8 Å². The molecule has 0 aliphatic carbocycles. The minimum atomic E-state index is -0.200. The number of piperidine rings is 1. The summed E-state index contributed by atoms with van der Waals surface area (Å²) < 4.78 is 15.6. The van der Waals surface area contributed by atoms with Crippen molar-refractivity contribution in [3.8, 4) is 0 Å². The summed E-state index contributed by atoms with van der Waals surface area (Å²) >= 11 is 0. The van der Waals surface area contributed by atoms with E-state index in [-0.39, 0.29) is 17.6 Å². The van der Waals surface area contributed by atoms with Crippen LogP contribution in [0.2, 0.25) is 0 Å². The first kappa shape index (κ1) is 14.8. The molecule has 1 unspecified atom stereocenters. The lowest BCUT2D eigenvalue weighted by atomic mass is 9.90. The van der Waals surface area contributed by atoms with Crippen molar-refractivity contribution >= 4 is 11.6 Å². The molecule has 3 aromatic rings. The average molecular weight is 324 g/mol. The molecule has 6 heteroatoms. The lowest BCUT2D eigenvalue weighted by Gasteiger charge is -2.32. The van der Waals surface area contributed by atoms with Gasteiger partial charge < -0.3 is 4.90 Å². The third-order valence-corrected chi connectivity index (χ3v) is 4.51. The number of benzene rings is 1. The van der Waals surface area contributed by atoms with Gasteiger partial charge in [-0.3, -0.25) is 4.79 Å². The van der Waals surface area contributed by atoms with Crippen LogP contribution in [-0.4, -0.2) is 38.5 Å². The third kappa shape index (κ3) is 2.64. The molecule has 1 amide bonds. The molecular formula is C18H17FN4O. The lowest BCUT2D eigenvalue weighted by molar-refractivity contribution is 0.0700. The van der Waals surface area contributed by atoms with E-state index in [0.29, 0.717) is 30.0 Å². The van der Waals surface area contributed by atoms with Crippen LogP contribution in [0.15, 0.2) is 48.8 Å². The summed E-state index contributed by atoms with van der Waals surface area (Å²) in [6.45, 7) is 1.19. The number of nitrogens with zero attached hydrogens (tertiary/aromatic N) is 4. The van der Waals surface area contributed by atoms with Crippen LogP contribution in [0.3, 0.4) is 0 Å². The second-order valence-corrected chi connectivity index (χ2v) is 6.06. The van der Waals surface area contributed by atoms with Gasteiger partial charge in [0.1, 0.15) is 11.5 Å². The number of amides is 1. The molecule has 24 heavy (non-hydrogen) atoms. The first-order valence-electron chi connectivity index (χ1n) is 8.06. The molecular weight excluding hydrogens is 307 g/mol. The summed E-state index contributed by atoms with van der Waals surface area (Å²) in [5, 5.41) is 4.14. The topological polar surface area (TPSA) is 50.5 Å². The molecule has 1 saturated heterocycles. The smallest absolute Gasteiger partial charge is 0.274 e. The van der Waals surface area contributed by atoms with Crippen molar-refractivity contribution in [2.24, 2.45) is 0 Å². The van der Waals surface area contributed by atoms with E-state index >= 15 is 0 Å². The van der Waals surface area contributed by atoms with Crippen LogP contribution in [0.4, 0.5) is 4.39 Å². The van der Waals surface area contributed by atoms with Crippen molar-refractivity contribution in [1.82, 2.24) is 19.5 Å². The maximum atomic E-state index is 14.0. The molecule has 0 spiro atoms. The van der Waals surface area contributed by atoms with Gasteiger partial charge in [0.15, 0.2) is 5.65 Å². The fourth-order valence-electron chi connectivity index (χ4n) is 3.32. The van der Waals surface area contributed by atoms with Gasteiger partial charge in [-0.2, -0.15) is 5.10 Å². The Bertz CT molecular complexity index is 858. The fourth-order valence-corrected chi connectivity index (χ4v) is 3.32. The van der Waals surface area contributed by atoms with Crippen LogP contribution < -0.4 is 0 Å². The highest BCUT2D eigenvalue weighted by Crippen LogP contribution is 2.29. The van der Waals surface area contributed by atoms with E-state index in [2.05, 4.69) is 10.1 Å². The maximum Gasteiger partial charge on any atom is 0.274 e. The Kier molecular flexibility index (Phi) is 3.72. The van der Waals surface area contributed by atoms with Crippen molar-refractivity contribution < 1.29 is 9.18 Å². The van der Waals surface area contributed by atoms with E-state index in [0.717, 1.165) is 12.8 Å². The molecule has 4 rings (SSSR count). The number of rotatable bonds is 2. The zero-order valence-corrected chi connectivity index (χ0v) is 13.1. The summed E-state index contributed by atoms with van der Waals surface area (Å²) in [5.41, 5.74) is 1.71. The maximum absolute atomic E-state index is 14.0. The number of hydrogen-bond donors (Lipinski definition) is 0. The highest BCUT2D eigenvalue weighted by atomic mass is 19.1. The summed E-state index contributed by atoms with van der Waals surface area (Å²) in [6.07, 6.45) is 5.04. The number of likely N-dealkylation sites (tertiary alicyclic amines) is 1. The third-order valence-electron chi connectivity index (χ3n) is 4.51. The average Bonchev–Trinajstić information content (AvgIpc) is 3.06. The zero-order valence-electron chi connectivity index (χ0n) is 13.1. The Morgan fingerprint density at radius 2 is 2.08 bits per heavy atom. The number of fused-ring (bicyclic) bond motifs is 1. The molecule has 1 aliphatic heterocycles. The van der Waals surface area contributed by atoms with Crippen LogP contribution in [0, 0.1) is 5.82 Å². The van der Waals surface area contributed by atoms with Gasteiger partial charge in [-0.05, 0) is 36.6 Å². The van der Waals surface area contributed by atoms with Gasteiger partial charge >= 0.3 is 0 Å². The molecule has 0 N–H and O–H groups in total. The summed E-state index contributed by atoms with van der Waals surface area (Å²) in [7, 11) is 0. The number of aromatic nitrogens is 3. The Morgan fingerprint density at radius 3 is 2.92 bits per heavy atom. The summed E-state index contributed by atoms with van der Waals surface area (Å²) in [6, 6.07) is 10.4. The largest absolute Gasteiger partial charge is 0.337 e. The van der Waals surface area contributed by atoms with E-state index in [4.69, 9.17) is 0 Å². The van der Waals surface area contributed by atoms with Gasteiger partial charge in [0.2, 0.25) is 0 Å². The molecule has 2 aromatic heterocycles. The molecule has 1 fully saturated rings. The first-order valence-corrected chi connectivity index (χ1v) is 8.06. The quantitative estimate of drug-likeness (QED) is 0.728. The summed E-state index contributed by atoms with van der Waals surface area (Å²) in [5.74, 6) is -0.297. The lowest BCUT2D eigenvalue weighted by Crippen LogP contribution is -2.39. The van der Waals surface area contributed by atoms with E-state index in [1.165, 1.54) is 6.07 Å². The van der Waals surface area contributed by atoms with Crippen LogP contribution in [-0.2, 0) is 0 Å². The monoisotopic (exact) mass is 324 g/mol. The number of imidazole rings is 1. The van der Waals surface area contributed by atoms with E-state index < -0.39 is 0 Å². The summed E-state index contributed by atoms with van der Waals surface area (Å²) in [4.78, 5) is 18.9. The van der Waals surface area contributed by atoms with Crippen LogP contribution in [0.1, 0.15) is 34.8 Å². The van der Waals surface area contributed by atoms with Crippen molar-refractivity contribution in [3.63, 3.8) is 0 Å². The molecule has 1 aromatic carbocycles. The highest BCUT2D eigenvalue weighted by molar-refractivity contribution is 5.93. The fraction of sp³-hybridized carbons (Fsp3) is 0.278. The standard InChI is InChI=1S/C18H17FN4O/c19-15-7-2-1-6-14(15)13-5-4-10-22(11-13)18(24)16-12-23-17(21-16)8-3-9-20-23/h1-3,6-9,12-13H,4-5,10-11H2. The van der Waals surface area contributed by atoms with Gasteiger partial charge in [-0.15, -0.1) is 0 Å². The predicted molar refractivity (Wildman–Crippen MR) is 87.3 cm³/mol. The molecule has 1 atom stereocenters. The Hall–Kier alpha value is -2.76. The molecule has 0 bridgehead atoms. The van der Waals surface area contributed by atoms with Gasteiger partial charge in [0.05, 0.1) is 6.20 Å². The Balaban J connectivity index is 1.57. The van der Waals surface area contributed by atoms with E-state index in [1.807, 2.05) is 18.2 Å². The molecule has 3 heterocycles. The van der Waals surface area contributed by atoms with E-state index in [1.54, 1.807) is 33.9 Å².